The van der Waals surface area contributed by atoms with Crippen molar-refractivity contribution >= 4 is 22.5 Å². The minimum absolute atomic E-state index is 0.299. The first-order valence-electron chi connectivity index (χ1n) is 9.52. The van der Waals surface area contributed by atoms with Gasteiger partial charge in [0.2, 0.25) is 0 Å². The van der Waals surface area contributed by atoms with Gasteiger partial charge in [-0.3, -0.25) is 9.89 Å². The van der Waals surface area contributed by atoms with Crippen molar-refractivity contribution in [2.24, 2.45) is 5.41 Å². The maximum absolute atomic E-state index is 11.9. The number of anilines is 1. The summed E-state index contributed by atoms with van der Waals surface area (Å²) in [7, 11) is 0. The summed E-state index contributed by atoms with van der Waals surface area (Å²) in [6, 6.07) is 7.98. The Hall–Kier alpha value is -2.60. The first-order chi connectivity index (χ1) is 12.9. The zero-order chi connectivity index (χ0) is 19.2. The third-order valence-corrected chi connectivity index (χ3v) is 5.59. The molecule has 1 aliphatic carbocycles. The second-order valence-electron chi connectivity index (χ2n) is 8.12. The number of hydrogen-bond acceptors (Lipinski definition) is 3. The lowest BCUT2D eigenvalue weighted by Crippen LogP contribution is -2.32. The molecule has 4 rings (SSSR count). The molecule has 2 aromatic heterocycles. The molecule has 1 aromatic carbocycles. The summed E-state index contributed by atoms with van der Waals surface area (Å²) in [5, 5.41) is 18.1. The number of carbonyl (C=O) groups is 1. The molecule has 0 spiro atoms. The summed E-state index contributed by atoms with van der Waals surface area (Å²) >= 11 is 0. The number of benzene rings is 1. The second kappa shape index (κ2) is 6.53. The molecule has 3 N–H and O–H groups in total. The largest absolute Gasteiger partial charge is 0.387 e. The number of aliphatic hydroxyl groups is 1. The van der Waals surface area contributed by atoms with E-state index in [1.807, 2.05) is 25.1 Å². The van der Waals surface area contributed by atoms with Crippen molar-refractivity contribution in [2.45, 2.75) is 40.0 Å². The number of nitrogens with zero attached hydrogens (tertiary/aromatic N) is 2. The highest BCUT2D eigenvalue weighted by molar-refractivity contribution is 5.97. The SMILES string of the molecule is CCN(C(=O)CO)c1ccc2cc(-c3n[nH]c4c3CCC(C)(C)C4)[nH]c2c1. The molecule has 0 saturated carbocycles. The monoisotopic (exact) mass is 366 g/mol. The molecule has 0 atom stereocenters. The Bertz CT molecular complexity index is 999. The van der Waals surface area contributed by atoms with Crippen LogP contribution in [0, 0.1) is 5.41 Å². The zero-order valence-corrected chi connectivity index (χ0v) is 16.1. The molecule has 27 heavy (non-hydrogen) atoms. The average molecular weight is 366 g/mol. The van der Waals surface area contributed by atoms with E-state index >= 15 is 0 Å². The number of fused-ring (bicyclic) bond motifs is 2. The van der Waals surface area contributed by atoms with Crippen LogP contribution in [-0.2, 0) is 17.6 Å². The predicted octanol–water partition coefficient (Wildman–Crippen LogP) is 3.42. The number of aromatic nitrogens is 3. The van der Waals surface area contributed by atoms with Crippen LogP contribution >= 0.6 is 0 Å². The van der Waals surface area contributed by atoms with Crippen LogP contribution < -0.4 is 4.90 Å². The van der Waals surface area contributed by atoms with Crippen molar-refractivity contribution in [1.82, 2.24) is 15.2 Å². The summed E-state index contributed by atoms with van der Waals surface area (Å²) < 4.78 is 0. The van der Waals surface area contributed by atoms with Crippen LogP contribution in [0.3, 0.4) is 0 Å². The summed E-state index contributed by atoms with van der Waals surface area (Å²) in [5.74, 6) is -0.299. The van der Waals surface area contributed by atoms with E-state index in [-0.39, 0.29) is 5.91 Å². The van der Waals surface area contributed by atoms with Gasteiger partial charge in [0, 0.05) is 34.4 Å². The van der Waals surface area contributed by atoms with Gasteiger partial charge in [0.25, 0.3) is 5.91 Å². The third-order valence-electron chi connectivity index (χ3n) is 5.59. The number of aliphatic hydroxyl groups excluding tert-OH is 1. The molecular formula is C21H26N4O2. The van der Waals surface area contributed by atoms with Gasteiger partial charge in [-0.15, -0.1) is 0 Å². The van der Waals surface area contributed by atoms with E-state index in [9.17, 15) is 9.90 Å². The van der Waals surface area contributed by atoms with Crippen LogP contribution in [0.25, 0.3) is 22.3 Å². The molecule has 6 heteroatoms. The maximum atomic E-state index is 11.9. The fourth-order valence-electron chi connectivity index (χ4n) is 4.07. The van der Waals surface area contributed by atoms with Crippen molar-refractivity contribution in [2.75, 3.05) is 18.1 Å². The molecule has 142 valence electrons. The standard InChI is InChI=1S/C21H26N4O2/c1-4-25(19(27)12-26)14-6-5-13-9-17(22-16(13)10-14)20-15-7-8-21(2,3)11-18(15)23-24-20/h5-6,9-10,22,26H,4,7-8,11-12H2,1-3H3,(H,23,24). The second-order valence-corrected chi connectivity index (χ2v) is 8.12. The van der Waals surface area contributed by atoms with Gasteiger partial charge in [-0.25, -0.2) is 0 Å². The lowest BCUT2D eigenvalue weighted by atomic mass is 9.76. The lowest BCUT2D eigenvalue weighted by molar-refractivity contribution is -0.121. The number of aromatic amines is 2. The fourth-order valence-corrected chi connectivity index (χ4v) is 4.07. The molecule has 1 amide bonds. The molecule has 3 aromatic rings. The zero-order valence-electron chi connectivity index (χ0n) is 16.1. The summed E-state index contributed by atoms with van der Waals surface area (Å²) in [4.78, 5) is 17.0. The molecule has 6 nitrogen and oxygen atoms in total. The smallest absolute Gasteiger partial charge is 0.252 e. The van der Waals surface area contributed by atoms with Gasteiger partial charge in [-0.2, -0.15) is 5.10 Å². The summed E-state index contributed by atoms with van der Waals surface area (Å²) in [5.41, 5.74) is 6.60. The van der Waals surface area contributed by atoms with Crippen LogP contribution in [0.2, 0.25) is 0 Å². The predicted molar refractivity (Wildman–Crippen MR) is 107 cm³/mol. The molecule has 0 saturated heterocycles. The van der Waals surface area contributed by atoms with E-state index in [2.05, 4.69) is 35.1 Å². The van der Waals surface area contributed by atoms with Gasteiger partial charge in [0.1, 0.15) is 12.3 Å². The van der Waals surface area contributed by atoms with Gasteiger partial charge in [-0.05, 0) is 49.8 Å². The number of nitrogens with one attached hydrogen (secondary N) is 2. The fraction of sp³-hybridized carbons (Fsp3) is 0.429. The minimum Gasteiger partial charge on any atom is -0.387 e. The Labute approximate surface area is 158 Å². The number of rotatable bonds is 4. The van der Waals surface area contributed by atoms with E-state index in [1.54, 1.807) is 4.90 Å². The molecular weight excluding hydrogens is 340 g/mol. The van der Waals surface area contributed by atoms with Crippen LogP contribution in [0.15, 0.2) is 24.3 Å². The van der Waals surface area contributed by atoms with Crippen LogP contribution in [0.4, 0.5) is 5.69 Å². The Kier molecular flexibility index (Phi) is 4.30. The number of hydrogen-bond donors (Lipinski definition) is 3. The number of likely N-dealkylation sites (N-methyl/N-ethyl adjacent to an activating group) is 1. The lowest BCUT2D eigenvalue weighted by Gasteiger charge is -2.28. The Morgan fingerprint density at radius 2 is 2.15 bits per heavy atom. The number of H-pyrrole nitrogens is 2. The van der Waals surface area contributed by atoms with Gasteiger partial charge in [0.05, 0.1) is 5.69 Å². The van der Waals surface area contributed by atoms with Gasteiger partial charge in [-0.1, -0.05) is 19.9 Å². The molecule has 0 fully saturated rings. The van der Waals surface area contributed by atoms with E-state index in [1.165, 1.54) is 11.3 Å². The first kappa shape index (κ1) is 17.8. The Morgan fingerprint density at radius 3 is 2.89 bits per heavy atom. The summed E-state index contributed by atoms with van der Waals surface area (Å²) in [6.07, 6.45) is 3.21. The quantitative estimate of drug-likeness (QED) is 0.661. The van der Waals surface area contributed by atoms with E-state index in [0.29, 0.717) is 12.0 Å². The first-order valence-corrected chi connectivity index (χ1v) is 9.52. The highest BCUT2D eigenvalue weighted by Crippen LogP contribution is 2.38. The summed E-state index contributed by atoms with van der Waals surface area (Å²) in [6.45, 7) is 6.52. The van der Waals surface area contributed by atoms with Crippen molar-refractivity contribution in [3.05, 3.63) is 35.5 Å². The van der Waals surface area contributed by atoms with Crippen LogP contribution in [0.5, 0.6) is 0 Å². The average Bonchev–Trinajstić information content (AvgIpc) is 3.23. The molecule has 0 unspecified atom stereocenters. The van der Waals surface area contributed by atoms with Crippen LogP contribution in [0.1, 0.15) is 38.4 Å². The van der Waals surface area contributed by atoms with Crippen molar-refractivity contribution in [1.29, 1.82) is 0 Å². The van der Waals surface area contributed by atoms with E-state index in [0.717, 1.165) is 47.2 Å². The highest BCUT2D eigenvalue weighted by atomic mass is 16.3. The molecule has 1 aliphatic rings. The van der Waals surface area contributed by atoms with Crippen molar-refractivity contribution in [3.63, 3.8) is 0 Å². The normalized spacial score (nSPS) is 15.7. The topological polar surface area (TPSA) is 85.0 Å². The van der Waals surface area contributed by atoms with Crippen LogP contribution in [-0.4, -0.2) is 39.3 Å². The van der Waals surface area contributed by atoms with Gasteiger partial charge < -0.3 is 15.0 Å². The molecule has 0 bridgehead atoms. The molecule has 0 aliphatic heterocycles. The van der Waals surface area contributed by atoms with E-state index < -0.39 is 6.61 Å². The third kappa shape index (κ3) is 3.14. The highest BCUT2D eigenvalue weighted by Gasteiger charge is 2.29. The maximum Gasteiger partial charge on any atom is 0.252 e. The van der Waals surface area contributed by atoms with E-state index in [4.69, 9.17) is 0 Å². The Balaban J connectivity index is 1.71. The Morgan fingerprint density at radius 1 is 1.33 bits per heavy atom. The minimum atomic E-state index is -0.488. The number of amides is 1. The van der Waals surface area contributed by atoms with Gasteiger partial charge in [0.15, 0.2) is 0 Å². The molecule has 0 radical (unpaired) electrons. The van der Waals surface area contributed by atoms with Crippen molar-refractivity contribution < 1.29 is 9.90 Å². The van der Waals surface area contributed by atoms with Crippen molar-refractivity contribution in [3.8, 4) is 11.4 Å². The molecule has 2 heterocycles. The number of carbonyl (C=O) groups excluding carboxylic acids is 1. The van der Waals surface area contributed by atoms with Gasteiger partial charge >= 0.3 is 0 Å².